The second-order valence-corrected chi connectivity index (χ2v) is 9.25. The molecule has 1 aliphatic heterocycles. The molecular formula is C23H25ClFN5O2. The van der Waals surface area contributed by atoms with Crippen LogP contribution in [-0.4, -0.2) is 44.6 Å². The van der Waals surface area contributed by atoms with Crippen LogP contribution < -0.4 is 5.32 Å². The fourth-order valence-corrected chi connectivity index (χ4v) is 3.91. The molecule has 1 atom stereocenters. The van der Waals surface area contributed by atoms with E-state index in [1.54, 1.807) is 23.2 Å². The number of rotatable bonds is 3. The van der Waals surface area contributed by atoms with Gasteiger partial charge < -0.3 is 15.0 Å². The number of carbonyl (C=O) groups excluding carboxylic acids is 1. The summed E-state index contributed by atoms with van der Waals surface area (Å²) in [4.78, 5) is 27.4. The minimum absolute atomic E-state index is 0.0279. The molecule has 1 saturated heterocycles. The molecule has 0 aliphatic carbocycles. The number of nitrogens with one attached hydrogen (secondary N) is 1. The molecule has 1 aromatic carbocycles. The van der Waals surface area contributed by atoms with Crippen molar-refractivity contribution < 1.29 is 13.9 Å². The van der Waals surface area contributed by atoms with Gasteiger partial charge in [0.15, 0.2) is 5.82 Å². The third-order valence-electron chi connectivity index (χ3n) is 5.24. The molecule has 0 radical (unpaired) electrons. The highest BCUT2D eigenvalue weighted by molar-refractivity contribution is 6.31. The number of ether oxygens (including phenoxy) is 1. The lowest BCUT2D eigenvalue weighted by Crippen LogP contribution is -2.42. The van der Waals surface area contributed by atoms with Gasteiger partial charge in [-0.3, -0.25) is 4.98 Å². The fraction of sp³-hybridized carbons (Fsp3) is 0.391. The quantitative estimate of drug-likeness (QED) is 0.545. The summed E-state index contributed by atoms with van der Waals surface area (Å²) in [6.07, 6.45) is 4.52. The molecule has 1 amide bonds. The molecule has 2 aromatic heterocycles. The Hall–Kier alpha value is -3.00. The van der Waals surface area contributed by atoms with Gasteiger partial charge in [-0.25, -0.2) is 19.2 Å². The van der Waals surface area contributed by atoms with Gasteiger partial charge in [0, 0.05) is 30.1 Å². The SMILES string of the molecule is CC(C)(C)OC(=O)N1CCC[C@H](c2cc3c(Nc4cccc(Cl)c4F)ncnc3cn2)C1. The highest BCUT2D eigenvalue weighted by Crippen LogP contribution is 2.31. The molecule has 1 N–H and O–H groups in total. The van der Waals surface area contributed by atoms with Crippen molar-refractivity contribution in [2.45, 2.75) is 45.1 Å². The van der Waals surface area contributed by atoms with Crippen molar-refractivity contribution in [1.29, 1.82) is 0 Å². The first kappa shape index (κ1) is 22.2. The maximum atomic E-state index is 14.4. The summed E-state index contributed by atoms with van der Waals surface area (Å²) < 4.78 is 19.9. The monoisotopic (exact) mass is 457 g/mol. The lowest BCUT2D eigenvalue weighted by Gasteiger charge is -2.34. The molecule has 4 rings (SSSR count). The summed E-state index contributed by atoms with van der Waals surface area (Å²) in [5.74, 6) is -0.0354. The number of likely N-dealkylation sites (tertiary alicyclic amines) is 1. The van der Waals surface area contributed by atoms with Crippen LogP contribution in [0.25, 0.3) is 10.9 Å². The first-order chi connectivity index (χ1) is 15.2. The van der Waals surface area contributed by atoms with Crippen LogP contribution >= 0.6 is 11.6 Å². The molecule has 0 unspecified atom stereocenters. The summed E-state index contributed by atoms with van der Waals surface area (Å²) in [7, 11) is 0. The van der Waals surface area contributed by atoms with Crippen LogP contribution in [0.1, 0.15) is 45.2 Å². The van der Waals surface area contributed by atoms with E-state index in [4.69, 9.17) is 16.3 Å². The maximum Gasteiger partial charge on any atom is 0.410 e. The zero-order valence-corrected chi connectivity index (χ0v) is 19.0. The number of pyridine rings is 1. The van der Waals surface area contributed by atoms with Crippen LogP contribution in [-0.2, 0) is 4.74 Å². The lowest BCUT2D eigenvalue weighted by molar-refractivity contribution is 0.0197. The molecule has 32 heavy (non-hydrogen) atoms. The molecule has 0 saturated carbocycles. The van der Waals surface area contributed by atoms with Crippen molar-refractivity contribution in [3.63, 3.8) is 0 Å². The number of benzene rings is 1. The van der Waals surface area contributed by atoms with E-state index in [-0.39, 0.29) is 22.7 Å². The van der Waals surface area contributed by atoms with E-state index in [2.05, 4.69) is 20.3 Å². The Morgan fingerprint density at radius 1 is 1.28 bits per heavy atom. The van der Waals surface area contributed by atoms with Crippen molar-refractivity contribution in [1.82, 2.24) is 19.9 Å². The Morgan fingerprint density at radius 3 is 2.88 bits per heavy atom. The minimum Gasteiger partial charge on any atom is -0.444 e. The summed E-state index contributed by atoms with van der Waals surface area (Å²) >= 11 is 5.90. The first-order valence-corrected chi connectivity index (χ1v) is 10.9. The second kappa shape index (κ2) is 8.86. The minimum atomic E-state index is -0.546. The molecule has 0 bridgehead atoms. The normalized spacial score (nSPS) is 16.8. The van der Waals surface area contributed by atoms with Crippen molar-refractivity contribution in [3.05, 3.63) is 53.3 Å². The Kier molecular flexibility index (Phi) is 6.15. The van der Waals surface area contributed by atoms with Crippen LogP contribution in [0.4, 0.5) is 20.7 Å². The molecule has 9 heteroatoms. The number of amides is 1. The summed E-state index contributed by atoms with van der Waals surface area (Å²) in [5, 5.41) is 3.76. The molecular weight excluding hydrogens is 433 g/mol. The predicted molar refractivity (Wildman–Crippen MR) is 122 cm³/mol. The van der Waals surface area contributed by atoms with E-state index in [0.29, 0.717) is 29.8 Å². The highest BCUT2D eigenvalue weighted by atomic mass is 35.5. The molecule has 3 heterocycles. The van der Waals surface area contributed by atoms with E-state index in [9.17, 15) is 9.18 Å². The zero-order valence-electron chi connectivity index (χ0n) is 18.2. The van der Waals surface area contributed by atoms with Gasteiger partial charge in [-0.05, 0) is 51.8 Å². The largest absolute Gasteiger partial charge is 0.444 e. The summed E-state index contributed by atoms with van der Waals surface area (Å²) in [6, 6.07) is 6.65. The predicted octanol–water partition coefficient (Wildman–Crippen LogP) is 5.68. The lowest BCUT2D eigenvalue weighted by atomic mass is 9.94. The van der Waals surface area contributed by atoms with Crippen molar-refractivity contribution in [3.8, 4) is 0 Å². The molecule has 168 valence electrons. The van der Waals surface area contributed by atoms with E-state index < -0.39 is 11.4 Å². The van der Waals surface area contributed by atoms with Crippen molar-refractivity contribution >= 4 is 40.1 Å². The standard InChI is InChI=1S/C23H25ClFN5O2/c1-23(2,3)32-22(31)30-9-5-6-14(12-30)18-10-15-19(11-26-18)27-13-28-21(15)29-17-8-4-7-16(24)20(17)25/h4,7-8,10-11,13-14H,5-6,9,12H2,1-3H3,(H,27,28,29)/t14-/m0/s1. The number of hydrogen-bond acceptors (Lipinski definition) is 6. The van der Waals surface area contributed by atoms with Gasteiger partial charge in [-0.1, -0.05) is 17.7 Å². The van der Waals surface area contributed by atoms with Crippen LogP contribution in [0.3, 0.4) is 0 Å². The van der Waals surface area contributed by atoms with Crippen molar-refractivity contribution in [2.75, 3.05) is 18.4 Å². The number of carbonyl (C=O) groups is 1. The number of halogens is 2. The second-order valence-electron chi connectivity index (χ2n) is 8.84. The Morgan fingerprint density at radius 2 is 2.09 bits per heavy atom. The molecule has 1 fully saturated rings. The van der Waals surface area contributed by atoms with Gasteiger partial charge in [0.05, 0.1) is 22.4 Å². The van der Waals surface area contributed by atoms with Crippen LogP contribution in [0.2, 0.25) is 5.02 Å². The number of piperidine rings is 1. The topological polar surface area (TPSA) is 80.2 Å². The van der Waals surface area contributed by atoms with Gasteiger partial charge in [0.25, 0.3) is 0 Å². The van der Waals surface area contributed by atoms with Gasteiger partial charge in [-0.15, -0.1) is 0 Å². The molecule has 3 aromatic rings. The van der Waals surface area contributed by atoms with Crippen molar-refractivity contribution in [2.24, 2.45) is 0 Å². The van der Waals surface area contributed by atoms with E-state index in [0.717, 1.165) is 18.5 Å². The zero-order chi connectivity index (χ0) is 22.9. The fourth-order valence-electron chi connectivity index (χ4n) is 3.74. The number of anilines is 2. The number of aromatic nitrogens is 3. The summed E-state index contributed by atoms with van der Waals surface area (Å²) in [6.45, 7) is 6.74. The molecule has 1 aliphatic rings. The maximum absolute atomic E-state index is 14.4. The average molecular weight is 458 g/mol. The van der Waals surface area contributed by atoms with E-state index in [1.165, 1.54) is 12.4 Å². The smallest absolute Gasteiger partial charge is 0.410 e. The number of fused-ring (bicyclic) bond motifs is 1. The van der Waals surface area contributed by atoms with Crippen LogP contribution in [0, 0.1) is 5.82 Å². The highest BCUT2D eigenvalue weighted by Gasteiger charge is 2.29. The van der Waals surface area contributed by atoms with E-state index >= 15 is 0 Å². The Balaban J connectivity index is 1.61. The molecule has 0 spiro atoms. The van der Waals surface area contributed by atoms with Gasteiger partial charge in [-0.2, -0.15) is 0 Å². The molecule has 7 nitrogen and oxygen atoms in total. The van der Waals surface area contributed by atoms with Crippen LogP contribution in [0.5, 0.6) is 0 Å². The van der Waals surface area contributed by atoms with Gasteiger partial charge >= 0.3 is 6.09 Å². The summed E-state index contributed by atoms with van der Waals surface area (Å²) in [5.41, 5.74) is 1.15. The number of hydrogen-bond donors (Lipinski definition) is 1. The average Bonchev–Trinajstić information content (AvgIpc) is 2.76. The first-order valence-electron chi connectivity index (χ1n) is 10.5. The third-order valence-corrected chi connectivity index (χ3v) is 5.53. The van der Waals surface area contributed by atoms with E-state index in [1.807, 2.05) is 26.8 Å². The van der Waals surface area contributed by atoms with Gasteiger partial charge in [0.2, 0.25) is 0 Å². The Labute approximate surface area is 191 Å². The third kappa shape index (κ3) is 4.91. The van der Waals surface area contributed by atoms with Gasteiger partial charge in [0.1, 0.15) is 17.7 Å². The number of nitrogens with zero attached hydrogens (tertiary/aromatic N) is 4. The Bertz CT molecular complexity index is 1150. The van der Waals surface area contributed by atoms with Crippen LogP contribution in [0.15, 0.2) is 36.8 Å².